The molecule has 80 valence electrons. The highest BCUT2D eigenvalue weighted by Crippen LogP contribution is 2.37. The topological polar surface area (TPSA) is 38.3 Å². The number of rotatable bonds is 0. The van der Waals surface area contributed by atoms with E-state index in [0.29, 0.717) is 0 Å². The summed E-state index contributed by atoms with van der Waals surface area (Å²) in [5, 5.41) is 2.87. The van der Waals surface area contributed by atoms with E-state index in [0.717, 1.165) is 22.6 Å². The molecule has 3 heteroatoms. The summed E-state index contributed by atoms with van der Waals surface area (Å²) in [6, 6.07) is 3.97. The first-order valence-electron chi connectivity index (χ1n) is 5.02. The van der Waals surface area contributed by atoms with Crippen LogP contribution in [0.3, 0.4) is 0 Å². The zero-order chi connectivity index (χ0) is 11.2. The Bertz CT molecular complexity index is 435. The van der Waals surface area contributed by atoms with Crippen LogP contribution in [0.25, 0.3) is 0 Å². The number of aryl methyl sites for hydroxylation is 2. The van der Waals surface area contributed by atoms with Gasteiger partial charge in [0.15, 0.2) is 5.60 Å². The summed E-state index contributed by atoms with van der Waals surface area (Å²) < 4.78 is 5.71. The lowest BCUT2D eigenvalue weighted by molar-refractivity contribution is -0.129. The molecule has 15 heavy (non-hydrogen) atoms. The molecule has 1 aromatic rings. The predicted octanol–water partition coefficient (Wildman–Crippen LogP) is 2.41. The number of anilines is 1. The fraction of sp³-hybridized carbons (Fsp3) is 0.417. The lowest BCUT2D eigenvalue weighted by atomic mass is 10.0. The molecule has 1 amide bonds. The minimum absolute atomic E-state index is 0.0972. The van der Waals surface area contributed by atoms with Gasteiger partial charge in [-0.1, -0.05) is 6.07 Å². The van der Waals surface area contributed by atoms with Gasteiger partial charge in [0.05, 0.1) is 5.69 Å². The van der Waals surface area contributed by atoms with Gasteiger partial charge >= 0.3 is 0 Å². The number of carbonyl (C=O) groups excluding carboxylic acids is 1. The van der Waals surface area contributed by atoms with Gasteiger partial charge in [0.2, 0.25) is 0 Å². The molecular weight excluding hydrogens is 190 g/mol. The largest absolute Gasteiger partial charge is 0.476 e. The highest BCUT2D eigenvalue weighted by molar-refractivity contribution is 6.00. The lowest BCUT2D eigenvalue weighted by Gasteiger charge is -2.32. The van der Waals surface area contributed by atoms with Crippen molar-refractivity contribution in [3.63, 3.8) is 0 Å². The van der Waals surface area contributed by atoms with Crippen molar-refractivity contribution in [2.75, 3.05) is 5.32 Å². The molecule has 1 aliphatic rings. The smallest absolute Gasteiger partial charge is 0.268 e. The Morgan fingerprint density at radius 1 is 1.27 bits per heavy atom. The number of carbonyl (C=O) groups is 1. The summed E-state index contributed by atoms with van der Waals surface area (Å²) in [7, 11) is 0. The summed E-state index contributed by atoms with van der Waals surface area (Å²) in [5.74, 6) is 0.685. The van der Waals surface area contributed by atoms with Crippen LogP contribution in [-0.2, 0) is 4.79 Å². The first kappa shape index (κ1) is 10.0. The quantitative estimate of drug-likeness (QED) is 0.706. The third-order valence-electron chi connectivity index (χ3n) is 2.57. The second-order valence-corrected chi connectivity index (χ2v) is 4.53. The maximum Gasteiger partial charge on any atom is 0.268 e. The van der Waals surface area contributed by atoms with Gasteiger partial charge in [-0.15, -0.1) is 0 Å². The Balaban J connectivity index is 2.55. The van der Waals surface area contributed by atoms with Crippen LogP contribution in [0.4, 0.5) is 5.69 Å². The van der Waals surface area contributed by atoms with E-state index in [1.54, 1.807) is 13.8 Å². The molecule has 0 aromatic heterocycles. The van der Waals surface area contributed by atoms with Crippen LogP contribution in [0.5, 0.6) is 5.75 Å². The molecule has 3 nitrogen and oxygen atoms in total. The van der Waals surface area contributed by atoms with E-state index in [4.69, 9.17) is 4.74 Å². The van der Waals surface area contributed by atoms with Gasteiger partial charge in [0, 0.05) is 0 Å². The average Bonchev–Trinajstić information content (AvgIpc) is 2.09. The van der Waals surface area contributed by atoms with Crippen molar-refractivity contribution in [1.82, 2.24) is 0 Å². The average molecular weight is 205 g/mol. The highest BCUT2D eigenvalue weighted by Gasteiger charge is 2.35. The summed E-state index contributed by atoms with van der Waals surface area (Å²) in [6.45, 7) is 7.52. The van der Waals surface area contributed by atoms with E-state index in [9.17, 15) is 4.79 Å². The fourth-order valence-corrected chi connectivity index (χ4v) is 1.76. The number of hydrogen-bond donors (Lipinski definition) is 1. The first-order chi connectivity index (χ1) is 6.90. The molecule has 0 radical (unpaired) electrons. The molecule has 1 aliphatic heterocycles. The van der Waals surface area contributed by atoms with Crippen molar-refractivity contribution in [1.29, 1.82) is 0 Å². The zero-order valence-corrected chi connectivity index (χ0v) is 9.47. The number of benzene rings is 1. The van der Waals surface area contributed by atoms with Crippen molar-refractivity contribution in [3.8, 4) is 5.75 Å². The van der Waals surface area contributed by atoms with Crippen LogP contribution in [0.2, 0.25) is 0 Å². The molecule has 1 heterocycles. The maximum atomic E-state index is 11.7. The lowest BCUT2D eigenvalue weighted by Crippen LogP contribution is -2.45. The van der Waals surface area contributed by atoms with Crippen molar-refractivity contribution >= 4 is 11.6 Å². The van der Waals surface area contributed by atoms with E-state index in [-0.39, 0.29) is 5.91 Å². The number of hydrogen-bond acceptors (Lipinski definition) is 2. The normalized spacial score (nSPS) is 17.7. The molecular formula is C12H15NO2. The molecule has 0 aliphatic carbocycles. The summed E-state index contributed by atoms with van der Waals surface area (Å²) >= 11 is 0. The summed E-state index contributed by atoms with van der Waals surface area (Å²) in [6.07, 6.45) is 0. The summed E-state index contributed by atoms with van der Waals surface area (Å²) in [4.78, 5) is 11.7. The molecule has 0 saturated heterocycles. The van der Waals surface area contributed by atoms with Crippen LogP contribution >= 0.6 is 0 Å². The predicted molar refractivity (Wildman–Crippen MR) is 59.3 cm³/mol. The number of amides is 1. The van der Waals surface area contributed by atoms with E-state index < -0.39 is 5.60 Å². The van der Waals surface area contributed by atoms with E-state index in [1.165, 1.54) is 0 Å². The minimum Gasteiger partial charge on any atom is -0.476 e. The standard InChI is InChI=1S/C12H15NO2/c1-7-5-8(2)10-9(6-7)13-11(14)12(3,4)15-10/h5-6H,1-4H3,(H,13,14). The summed E-state index contributed by atoms with van der Waals surface area (Å²) in [5.41, 5.74) is 2.16. The second-order valence-electron chi connectivity index (χ2n) is 4.53. The maximum absolute atomic E-state index is 11.7. The van der Waals surface area contributed by atoms with E-state index >= 15 is 0 Å². The third kappa shape index (κ3) is 1.58. The van der Waals surface area contributed by atoms with E-state index in [2.05, 4.69) is 5.32 Å². The molecule has 1 N–H and O–H groups in total. The van der Waals surface area contributed by atoms with Crippen molar-refractivity contribution in [2.24, 2.45) is 0 Å². The number of ether oxygens (including phenoxy) is 1. The van der Waals surface area contributed by atoms with Gasteiger partial charge in [0.1, 0.15) is 5.75 Å². The van der Waals surface area contributed by atoms with Gasteiger partial charge in [-0.3, -0.25) is 4.79 Å². The molecule has 0 atom stereocenters. The van der Waals surface area contributed by atoms with Crippen LogP contribution in [-0.4, -0.2) is 11.5 Å². The minimum atomic E-state index is -0.785. The van der Waals surface area contributed by atoms with E-state index in [1.807, 2.05) is 26.0 Å². The molecule has 2 rings (SSSR count). The fourth-order valence-electron chi connectivity index (χ4n) is 1.76. The Kier molecular flexibility index (Phi) is 2.00. The first-order valence-corrected chi connectivity index (χ1v) is 5.02. The van der Waals surface area contributed by atoms with Crippen molar-refractivity contribution in [2.45, 2.75) is 33.3 Å². The Morgan fingerprint density at radius 3 is 2.60 bits per heavy atom. The van der Waals surface area contributed by atoms with Crippen molar-refractivity contribution in [3.05, 3.63) is 23.3 Å². The Labute approximate surface area is 89.4 Å². The number of nitrogens with one attached hydrogen (secondary N) is 1. The molecule has 0 saturated carbocycles. The van der Waals surface area contributed by atoms with Crippen LogP contribution in [0.1, 0.15) is 25.0 Å². The van der Waals surface area contributed by atoms with Gasteiger partial charge in [-0.05, 0) is 44.9 Å². The molecule has 0 bridgehead atoms. The highest BCUT2D eigenvalue weighted by atomic mass is 16.5. The monoisotopic (exact) mass is 205 g/mol. The van der Waals surface area contributed by atoms with Gasteiger partial charge in [0.25, 0.3) is 5.91 Å². The van der Waals surface area contributed by atoms with Crippen LogP contribution in [0.15, 0.2) is 12.1 Å². The SMILES string of the molecule is Cc1cc(C)c2c(c1)NC(=O)C(C)(C)O2. The Hall–Kier alpha value is -1.51. The second kappa shape index (κ2) is 2.99. The Morgan fingerprint density at radius 2 is 1.93 bits per heavy atom. The zero-order valence-electron chi connectivity index (χ0n) is 9.47. The number of fused-ring (bicyclic) bond motifs is 1. The van der Waals surface area contributed by atoms with Gasteiger partial charge in [-0.2, -0.15) is 0 Å². The molecule has 0 fully saturated rings. The molecule has 0 spiro atoms. The van der Waals surface area contributed by atoms with Crippen molar-refractivity contribution < 1.29 is 9.53 Å². The van der Waals surface area contributed by atoms with Gasteiger partial charge < -0.3 is 10.1 Å². The molecule has 1 aromatic carbocycles. The third-order valence-corrected chi connectivity index (χ3v) is 2.57. The molecule has 0 unspecified atom stereocenters. The van der Waals surface area contributed by atoms with Crippen LogP contribution < -0.4 is 10.1 Å². The van der Waals surface area contributed by atoms with Gasteiger partial charge in [-0.25, -0.2) is 0 Å². The van der Waals surface area contributed by atoms with Crippen LogP contribution in [0, 0.1) is 13.8 Å².